The highest BCUT2D eigenvalue weighted by molar-refractivity contribution is 7.54. The van der Waals surface area contributed by atoms with E-state index in [4.69, 9.17) is 24.3 Å². The van der Waals surface area contributed by atoms with Crippen molar-refractivity contribution in [2.24, 2.45) is 5.11 Å². The number of aliphatic hydroxyl groups is 1. The molecule has 2 rings (SSSR count). The summed E-state index contributed by atoms with van der Waals surface area (Å²) in [7, 11) is -4.50. The third kappa shape index (κ3) is 8.30. The van der Waals surface area contributed by atoms with E-state index in [0.29, 0.717) is 4.90 Å². The minimum Gasteiger partial charge on any atom is -0.462 e. The number of hydrogen-bond acceptors (Lipinski definition) is 11. The third-order valence-electron chi connectivity index (χ3n) is 5.47. The highest BCUT2D eigenvalue weighted by Crippen LogP contribution is 2.44. The van der Waals surface area contributed by atoms with Crippen molar-refractivity contribution in [2.45, 2.75) is 96.5 Å². The van der Waals surface area contributed by atoms with Gasteiger partial charge >= 0.3 is 19.6 Å². The maximum Gasteiger partial charge on any atom is 0.342 e. The van der Waals surface area contributed by atoms with Crippen LogP contribution in [0.3, 0.4) is 0 Å². The summed E-state index contributed by atoms with van der Waals surface area (Å²) in [6, 6.07) is -2.54. The number of aliphatic hydroxyl groups excluding tert-OH is 1. The Morgan fingerprint density at radius 2 is 1.73 bits per heavy atom. The standard InChI is InChI=1S/C22H34FN6O10P/c1-11(2)37-20(33)13(5)25-40(35,26-14(6)21(34)38-12(3)4)36-10-22(27-28-24)18(32)17(23)19(39-22)29-8-7-15(30)9-16(29)31/h7-8,11-14,17-19,32H,9-10H2,1-6H3,(H2,25,26,35)/t13-,14-,17+,18-,19+,22+/m0/s1. The molecule has 0 spiro atoms. The Balaban J connectivity index is 2.35. The van der Waals surface area contributed by atoms with Crippen molar-refractivity contribution in [3.8, 4) is 0 Å². The van der Waals surface area contributed by atoms with Gasteiger partial charge in [-0.15, -0.1) is 0 Å². The van der Waals surface area contributed by atoms with Crippen molar-refractivity contribution in [1.82, 2.24) is 15.1 Å². The molecule has 2 aliphatic rings. The van der Waals surface area contributed by atoms with Gasteiger partial charge in [-0.1, -0.05) is 5.11 Å². The molecule has 3 N–H and O–H groups in total. The van der Waals surface area contributed by atoms with Crippen LogP contribution < -0.4 is 10.2 Å². The number of carbonyl (C=O) groups is 4. The summed E-state index contributed by atoms with van der Waals surface area (Å²) in [4.78, 5) is 51.8. The number of amides is 1. The summed E-state index contributed by atoms with van der Waals surface area (Å²) in [5, 5.41) is 18.8. The first-order valence-electron chi connectivity index (χ1n) is 12.3. The molecule has 1 amide bonds. The molecule has 0 unspecified atom stereocenters. The molecule has 1 fully saturated rings. The van der Waals surface area contributed by atoms with Gasteiger partial charge in [-0.25, -0.2) is 14.6 Å². The summed E-state index contributed by atoms with van der Waals surface area (Å²) in [5.41, 5.74) is 6.58. The van der Waals surface area contributed by atoms with Crippen LogP contribution in [0.5, 0.6) is 0 Å². The van der Waals surface area contributed by atoms with Gasteiger partial charge in [0.1, 0.15) is 18.2 Å². The Morgan fingerprint density at radius 3 is 2.17 bits per heavy atom. The third-order valence-corrected chi connectivity index (χ3v) is 7.42. The number of nitrogens with one attached hydrogen (secondary N) is 2. The van der Waals surface area contributed by atoms with Crippen LogP contribution in [0.2, 0.25) is 0 Å². The zero-order valence-corrected chi connectivity index (χ0v) is 23.7. The number of halogens is 1. The number of azide groups is 1. The summed E-state index contributed by atoms with van der Waals surface area (Å²) in [6.45, 7) is 7.89. The van der Waals surface area contributed by atoms with E-state index >= 15 is 4.39 Å². The monoisotopic (exact) mass is 592 g/mol. The van der Waals surface area contributed by atoms with Crippen molar-refractivity contribution in [1.29, 1.82) is 0 Å². The first kappa shape index (κ1) is 33.3. The second-order valence-electron chi connectivity index (χ2n) is 9.69. The minimum atomic E-state index is -4.50. The molecule has 0 saturated carbocycles. The first-order chi connectivity index (χ1) is 18.5. The topological polar surface area (TPSA) is 219 Å². The molecular formula is C22H34FN6O10P. The summed E-state index contributed by atoms with van der Waals surface area (Å²) in [5.74, 6) is -3.02. The van der Waals surface area contributed by atoms with Gasteiger partial charge in [0.05, 0.1) is 25.2 Å². The molecule has 2 heterocycles. The fraction of sp³-hybridized carbons (Fsp3) is 0.727. The van der Waals surface area contributed by atoms with Crippen molar-refractivity contribution in [3.05, 3.63) is 22.7 Å². The van der Waals surface area contributed by atoms with Crippen LogP contribution in [0, 0.1) is 0 Å². The van der Waals surface area contributed by atoms with Gasteiger partial charge in [0.2, 0.25) is 11.6 Å². The first-order valence-corrected chi connectivity index (χ1v) is 14.0. The van der Waals surface area contributed by atoms with Crippen LogP contribution >= 0.6 is 7.67 Å². The van der Waals surface area contributed by atoms with E-state index in [-0.39, 0.29) is 0 Å². The highest BCUT2D eigenvalue weighted by Gasteiger charge is 2.58. The van der Waals surface area contributed by atoms with Gasteiger partial charge < -0.3 is 23.8 Å². The second-order valence-corrected chi connectivity index (χ2v) is 11.6. The van der Waals surface area contributed by atoms with E-state index < -0.39 is 92.8 Å². The highest BCUT2D eigenvalue weighted by atomic mass is 31.2. The van der Waals surface area contributed by atoms with Crippen molar-refractivity contribution >= 4 is 31.3 Å². The zero-order valence-electron chi connectivity index (χ0n) is 22.8. The maximum absolute atomic E-state index is 15.2. The molecule has 2 aliphatic heterocycles. The summed E-state index contributed by atoms with van der Waals surface area (Å²) < 4.78 is 50.1. The lowest BCUT2D eigenvalue weighted by atomic mass is 10.1. The molecule has 0 radical (unpaired) electrons. The Bertz CT molecular complexity index is 1080. The van der Waals surface area contributed by atoms with E-state index in [1.165, 1.54) is 13.8 Å². The van der Waals surface area contributed by atoms with Crippen molar-refractivity contribution in [2.75, 3.05) is 6.61 Å². The zero-order chi connectivity index (χ0) is 30.4. The number of ketones is 1. The van der Waals surface area contributed by atoms with Crippen LogP contribution in [0.15, 0.2) is 17.4 Å². The molecule has 224 valence electrons. The lowest BCUT2D eigenvalue weighted by Gasteiger charge is -2.32. The van der Waals surface area contributed by atoms with E-state index in [2.05, 4.69) is 20.2 Å². The normalized spacial score (nSPS) is 26.6. The second kappa shape index (κ2) is 13.6. The molecule has 40 heavy (non-hydrogen) atoms. The van der Waals surface area contributed by atoms with E-state index in [1.807, 2.05) is 0 Å². The summed E-state index contributed by atoms with van der Waals surface area (Å²) >= 11 is 0. The molecule has 18 heteroatoms. The van der Waals surface area contributed by atoms with Gasteiger partial charge in [-0.05, 0) is 53.1 Å². The van der Waals surface area contributed by atoms with Crippen LogP contribution in [-0.4, -0.2) is 88.8 Å². The number of hydrogen-bond donors (Lipinski definition) is 3. The average Bonchev–Trinajstić information content (AvgIpc) is 3.07. The molecule has 16 nitrogen and oxygen atoms in total. The lowest BCUT2D eigenvalue weighted by molar-refractivity contribution is -0.157. The maximum atomic E-state index is 15.2. The Hall–Kier alpha value is -2.91. The molecule has 6 atom stereocenters. The van der Waals surface area contributed by atoms with E-state index in [0.717, 1.165) is 12.3 Å². The van der Waals surface area contributed by atoms with Gasteiger partial charge in [0.15, 0.2) is 18.2 Å². The largest absolute Gasteiger partial charge is 0.462 e. The van der Waals surface area contributed by atoms with Crippen LogP contribution in [0.25, 0.3) is 10.4 Å². The molecule has 0 aliphatic carbocycles. The molecule has 0 aromatic rings. The Kier molecular flexibility index (Phi) is 11.3. The van der Waals surface area contributed by atoms with Gasteiger partial charge in [0, 0.05) is 11.1 Å². The van der Waals surface area contributed by atoms with Crippen LogP contribution in [-0.2, 0) is 42.5 Å². The molecule has 1 saturated heterocycles. The van der Waals surface area contributed by atoms with Crippen LogP contribution in [0.1, 0.15) is 48.0 Å². The van der Waals surface area contributed by atoms with Crippen molar-refractivity contribution < 1.29 is 52.0 Å². The van der Waals surface area contributed by atoms with E-state index in [9.17, 15) is 28.8 Å². The average molecular weight is 593 g/mol. The number of esters is 2. The molecule has 0 bridgehead atoms. The van der Waals surface area contributed by atoms with Gasteiger partial charge in [-0.3, -0.25) is 28.6 Å². The van der Waals surface area contributed by atoms with Crippen LogP contribution in [0.4, 0.5) is 4.39 Å². The number of nitrogens with zero attached hydrogens (tertiary/aromatic N) is 4. The number of alkyl halides is 1. The predicted octanol–water partition coefficient (Wildman–Crippen LogP) is 1.35. The fourth-order valence-corrected chi connectivity index (χ4v) is 5.44. The number of carbonyl (C=O) groups excluding carboxylic acids is 4. The Morgan fingerprint density at radius 1 is 1.20 bits per heavy atom. The smallest absolute Gasteiger partial charge is 0.342 e. The van der Waals surface area contributed by atoms with Gasteiger partial charge in [-0.2, -0.15) is 0 Å². The molecular weight excluding hydrogens is 558 g/mol. The SMILES string of the molecule is CC(C)OC(=O)[C@H](C)NP(=O)(N[C@@H](C)C(=O)OC(C)C)OC[C@@]1(N=[N+]=[N-])O[C@@H](N2C=CC(=O)CC2=O)[C@H](F)[C@@H]1O. The van der Waals surface area contributed by atoms with E-state index in [1.54, 1.807) is 27.7 Å². The number of ether oxygens (including phenoxy) is 3. The Labute approximate surface area is 229 Å². The molecule has 0 aromatic carbocycles. The minimum absolute atomic E-state index is 0.513. The fourth-order valence-electron chi connectivity index (χ4n) is 3.62. The summed E-state index contributed by atoms with van der Waals surface area (Å²) in [6.07, 6.45) is -6.05. The lowest BCUT2D eigenvalue weighted by Crippen LogP contribution is -2.47. The number of allylic oxidation sites excluding steroid dienone is 1. The predicted molar refractivity (Wildman–Crippen MR) is 134 cm³/mol. The van der Waals surface area contributed by atoms with Gasteiger partial charge in [0.25, 0.3) is 0 Å². The quantitative estimate of drug-likeness (QED) is 0.0689. The molecule has 0 aromatic heterocycles. The van der Waals surface area contributed by atoms with Crippen molar-refractivity contribution in [3.63, 3.8) is 0 Å². The number of rotatable bonds is 13.